The van der Waals surface area contributed by atoms with Crippen LogP contribution in [0, 0.1) is 5.92 Å². The van der Waals surface area contributed by atoms with Gasteiger partial charge in [-0.15, -0.1) is 0 Å². The summed E-state index contributed by atoms with van der Waals surface area (Å²) in [5, 5.41) is 5.75. The molecule has 0 atom stereocenters. The topological polar surface area (TPSA) is 60.1 Å². The van der Waals surface area contributed by atoms with Gasteiger partial charge in [0.25, 0.3) is 5.56 Å². The van der Waals surface area contributed by atoms with Crippen molar-refractivity contribution in [1.29, 1.82) is 0 Å². The van der Waals surface area contributed by atoms with Crippen molar-refractivity contribution in [2.75, 3.05) is 13.1 Å². The maximum atomic E-state index is 12.9. The minimum Gasteiger partial charge on any atom is -0.350 e. The molecule has 2 aliphatic rings. The van der Waals surface area contributed by atoms with Crippen LogP contribution in [0.1, 0.15) is 42.9 Å². The van der Waals surface area contributed by atoms with Crippen molar-refractivity contribution in [3.05, 3.63) is 64.2 Å². The number of benzene rings is 1. The molecule has 0 bridgehead atoms. The normalized spacial score (nSPS) is 17.6. The van der Waals surface area contributed by atoms with E-state index < -0.39 is 0 Å². The van der Waals surface area contributed by atoms with Crippen molar-refractivity contribution in [2.24, 2.45) is 13.0 Å². The van der Waals surface area contributed by atoms with Crippen LogP contribution in [0.3, 0.4) is 0 Å². The van der Waals surface area contributed by atoms with E-state index in [0.717, 1.165) is 48.1 Å². The first-order chi connectivity index (χ1) is 14.6. The molecule has 0 spiro atoms. The van der Waals surface area contributed by atoms with Gasteiger partial charge in [-0.25, -0.2) is 4.68 Å². The molecule has 1 aliphatic heterocycles. The lowest BCUT2D eigenvalue weighted by Crippen LogP contribution is -2.41. The van der Waals surface area contributed by atoms with Gasteiger partial charge in [0.15, 0.2) is 0 Å². The van der Waals surface area contributed by atoms with Crippen molar-refractivity contribution in [2.45, 2.75) is 44.6 Å². The van der Waals surface area contributed by atoms with Gasteiger partial charge in [-0.3, -0.25) is 9.59 Å². The van der Waals surface area contributed by atoms with E-state index in [1.165, 1.54) is 12.8 Å². The number of carbonyl (C=O) groups is 1. The number of aromatic nitrogens is 3. The number of nitrogens with zero attached hydrogens (tertiary/aromatic N) is 4. The van der Waals surface area contributed by atoms with Crippen molar-refractivity contribution >= 4 is 16.8 Å². The summed E-state index contributed by atoms with van der Waals surface area (Å²) in [6.45, 7) is 2.17. The maximum Gasteiger partial charge on any atom is 0.266 e. The zero-order chi connectivity index (χ0) is 20.7. The number of aryl methyl sites for hydroxylation is 1. The van der Waals surface area contributed by atoms with E-state index in [4.69, 9.17) is 0 Å². The third-order valence-corrected chi connectivity index (χ3v) is 6.60. The van der Waals surface area contributed by atoms with Gasteiger partial charge in [0, 0.05) is 55.8 Å². The van der Waals surface area contributed by atoms with Crippen LogP contribution < -0.4 is 5.56 Å². The maximum absolute atomic E-state index is 12.9. The summed E-state index contributed by atoms with van der Waals surface area (Å²) >= 11 is 0. The monoisotopic (exact) mass is 404 g/mol. The number of piperidine rings is 1. The highest BCUT2D eigenvalue weighted by Gasteiger charge is 2.27. The average molecular weight is 405 g/mol. The molecule has 6 heteroatoms. The average Bonchev–Trinajstić information content (AvgIpc) is 3.56. The Labute approximate surface area is 176 Å². The van der Waals surface area contributed by atoms with Crippen molar-refractivity contribution in [3.63, 3.8) is 0 Å². The Balaban J connectivity index is 1.20. The summed E-state index contributed by atoms with van der Waals surface area (Å²) in [7, 11) is 2.02. The molecule has 5 rings (SSSR count). The highest BCUT2D eigenvalue weighted by molar-refractivity contribution is 5.89. The summed E-state index contributed by atoms with van der Waals surface area (Å²) in [5.74, 6) is 1.13. The Morgan fingerprint density at radius 3 is 2.60 bits per heavy atom. The molecule has 1 aliphatic carbocycles. The van der Waals surface area contributed by atoms with E-state index in [9.17, 15) is 9.59 Å². The zero-order valence-corrected chi connectivity index (χ0v) is 17.5. The minimum absolute atomic E-state index is 0.0196. The first kappa shape index (κ1) is 19.1. The first-order valence-electron chi connectivity index (χ1n) is 11.0. The number of rotatable bonds is 5. The molecule has 2 fully saturated rings. The van der Waals surface area contributed by atoms with Crippen LogP contribution in [0.25, 0.3) is 10.9 Å². The van der Waals surface area contributed by atoms with Crippen molar-refractivity contribution in [3.8, 4) is 0 Å². The smallest absolute Gasteiger partial charge is 0.266 e. The van der Waals surface area contributed by atoms with E-state index in [1.54, 1.807) is 10.7 Å². The Bertz CT molecular complexity index is 1130. The van der Waals surface area contributed by atoms with E-state index in [2.05, 4.69) is 28.0 Å². The third kappa shape index (κ3) is 3.78. The summed E-state index contributed by atoms with van der Waals surface area (Å²) in [5.41, 5.74) is 3.28. The summed E-state index contributed by atoms with van der Waals surface area (Å²) in [6.07, 6.45) is 6.72. The lowest BCUT2D eigenvalue weighted by Gasteiger charge is -2.32. The predicted molar refractivity (Wildman–Crippen MR) is 116 cm³/mol. The Morgan fingerprint density at radius 2 is 1.83 bits per heavy atom. The van der Waals surface area contributed by atoms with Gasteiger partial charge in [-0.1, -0.05) is 18.2 Å². The standard InChI is InChI=1S/C24H28N4O2/c1-26-16-19(20-4-2-3-5-22(20)26)14-24(30)27-12-10-17(11-13-27)15-28-23(29)9-8-21(25-28)18-6-7-18/h2-5,8-9,16-18H,6-7,10-15H2,1H3. The second-order valence-corrected chi connectivity index (χ2v) is 8.84. The van der Waals surface area contributed by atoms with Gasteiger partial charge in [-0.05, 0) is 49.3 Å². The molecule has 3 aromatic rings. The highest BCUT2D eigenvalue weighted by Crippen LogP contribution is 2.38. The number of hydrogen-bond donors (Lipinski definition) is 0. The fraction of sp³-hybridized carbons (Fsp3) is 0.458. The summed E-state index contributed by atoms with van der Waals surface area (Å²) in [6, 6.07) is 11.8. The van der Waals surface area contributed by atoms with Gasteiger partial charge < -0.3 is 9.47 Å². The molecule has 1 amide bonds. The zero-order valence-electron chi connectivity index (χ0n) is 17.5. The fourth-order valence-electron chi connectivity index (χ4n) is 4.64. The van der Waals surface area contributed by atoms with E-state index in [1.807, 2.05) is 30.1 Å². The molecular formula is C24H28N4O2. The number of amides is 1. The fourth-order valence-corrected chi connectivity index (χ4v) is 4.64. The molecule has 156 valence electrons. The highest BCUT2D eigenvalue weighted by atomic mass is 16.2. The molecule has 0 radical (unpaired) electrons. The predicted octanol–water partition coefficient (Wildman–Crippen LogP) is 3.09. The largest absolute Gasteiger partial charge is 0.350 e. The second kappa shape index (κ2) is 7.74. The van der Waals surface area contributed by atoms with E-state index >= 15 is 0 Å². The molecule has 30 heavy (non-hydrogen) atoms. The molecule has 0 N–H and O–H groups in total. The molecular weight excluding hydrogens is 376 g/mol. The molecule has 6 nitrogen and oxygen atoms in total. The SMILES string of the molecule is Cn1cc(CC(=O)N2CCC(Cn3nc(C4CC4)ccc3=O)CC2)c2ccccc21. The summed E-state index contributed by atoms with van der Waals surface area (Å²) < 4.78 is 3.73. The van der Waals surface area contributed by atoms with Gasteiger partial charge in [0.05, 0.1) is 12.1 Å². The van der Waals surface area contributed by atoms with Crippen molar-refractivity contribution < 1.29 is 4.79 Å². The summed E-state index contributed by atoms with van der Waals surface area (Å²) in [4.78, 5) is 27.1. The number of para-hydroxylation sites is 1. The van der Waals surface area contributed by atoms with Gasteiger partial charge in [0.2, 0.25) is 5.91 Å². The van der Waals surface area contributed by atoms with Crippen LogP contribution in [-0.4, -0.2) is 38.2 Å². The third-order valence-electron chi connectivity index (χ3n) is 6.60. The van der Waals surface area contributed by atoms with E-state index in [0.29, 0.717) is 24.8 Å². The van der Waals surface area contributed by atoms with Crippen molar-refractivity contribution in [1.82, 2.24) is 19.2 Å². The van der Waals surface area contributed by atoms with Gasteiger partial charge >= 0.3 is 0 Å². The van der Waals surface area contributed by atoms with Crippen LogP contribution in [0.4, 0.5) is 0 Å². The number of hydrogen-bond acceptors (Lipinski definition) is 3. The molecule has 2 aromatic heterocycles. The molecule has 0 unspecified atom stereocenters. The Hall–Kier alpha value is -2.89. The molecule has 1 saturated carbocycles. The molecule has 1 saturated heterocycles. The van der Waals surface area contributed by atoms with E-state index in [-0.39, 0.29) is 11.5 Å². The van der Waals surface area contributed by atoms with Crippen LogP contribution in [-0.2, 0) is 24.8 Å². The molecule has 3 heterocycles. The first-order valence-corrected chi connectivity index (χ1v) is 11.0. The van der Waals surface area contributed by atoms with Crippen LogP contribution >= 0.6 is 0 Å². The lowest BCUT2D eigenvalue weighted by molar-refractivity contribution is -0.131. The second-order valence-electron chi connectivity index (χ2n) is 8.84. The van der Waals surface area contributed by atoms with Crippen LogP contribution in [0.2, 0.25) is 0 Å². The number of carbonyl (C=O) groups excluding carboxylic acids is 1. The number of likely N-dealkylation sites (tertiary alicyclic amines) is 1. The Kier molecular flexibility index (Phi) is 4.93. The van der Waals surface area contributed by atoms with Crippen LogP contribution in [0.5, 0.6) is 0 Å². The number of fused-ring (bicyclic) bond motifs is 1. The van der Waals surface area contributed by atoms with Gasteiger partial charge in [-0.2, -0.15) is 5.10 Å². The Morgan fingerprint density at radius 1 is 1.07 bits per heavy atom. The van der Waals surface area contributed by atoms with Gasteiger partial charge in [0.1, 0.15) is 0 Å². The lowest BCUT2D eigenvalue weighted by atomic mass is 9.96. The minimum atomic E-state index is -0.0196. The molecule has 1 aromatic carbocycles. The van der Waals surface area contributed by atoms with Crippen LogP contribution in [0.15, 0.2) is 47.4 Å². The quantitative estimate of drug-likeness (QED) is 0.657.